The van der Waals surface area contributed by atoms with Crippen LogP contribution in [0.1, 0.15) is 61.6 Å². The number of carbonyl (C=O) groups excluding carboxylic acids is 2. The Kier molecular flexibility index (Phi) is 6.22. The van der Waals surface area contributed by atoms with E-state index in [4.69, 9.17) is 9.47 Å². The molecule has 0 saturated carbocycles. The molecule has 1 N–H and O–H groups in total. The van der Waals surface area contributed by atoms with Crippen molar-refractivity contribution in [3.05, 3.63) is 53.1 Å². The number of Topliss-reactive ketones (excluding diaryl/α,β-unsaturated/α-hetero) is 1. The van der Waals surface area contributed by atoms with E-state index in [9.17, 15) is 14.0 Å². The van der Waals surface area contributed by atoms with Crippen molar-refractivity contribution in [3.63, 3.8) is 0 Å². The molecule has 30 heavy (non-hydrogen) atoms. The van der Waals surface area contributed by atoms with Crippen molar-refractivity contribution >= 4 is 17.4 Å². The van der Waals surface area contributed by atoms with Gasteiger partial charge in [-0.15, -0.1) is 0 Å². The largest absolute Gasteiger partial charge is 0.496 e. The number of ketones is 1. The van der Waals surface area contributed by atoms with Crippen molar-refractivity contribution in [2.24, 2.45) is 0 Å². The fourth-order valence-corrected chi connectivity index (χ4v) is 4.02. The molecule has 1 aromatic heterocycles. The van der Waals surface area contributed by atoms with Gasteiger partial charge in [0.15, 0.2) is 5.78 Å². The number of hydrogen-bond acceptors (Lipinski definition) is 5. The van der Waals surface area contributed by atoms with Crippen LogP contribution < -0.4 is 10.1 Å². The summed E-state index contributed by atoms with van der Waals surface area (Å²) in [5.41, 5.74) is 1.43. The molecule has 1 saturated heterocycles. The van der Waals surface area contributed by atoms with Gasteiger partial charge in [-0.25, -0.2) is 4.39 Å². The lowest BCUT2D eigenvalue weighted by Crippen LogP contribution is -2.33. The normalized spacial score (nSPS) is 20.1. The first kappa shape index (κ1) is 21.9. The molecule has 2 atom stereocenters. The number of pyridine rings is 1. The van der Waals surface area contributed by atoms with Crippen LogP contribution in [0, 0.1) is 5.82 Å². The number of nitrogens with zero attached hydrogens (tertiary/aromatic N) is 1. The maximum absolute atomic E-state index is 14.3. The quantitative estimate of drug-likeness (QED) is 0.714. The van der Waals surface area contributed by atoms with E-state index in [2.05, 4.69) is 10.3 Å². The zero-order chi connectivity index (χ0) is 22.1. The van der Waals surface area contributed by atoms with Crippen LogP contribution in [0.5, 0.6) is 5.75 Å². The number of halogens is 1. The molecule has 2 aromatic rings. The molecule has 0 bridgehead atoms. The monoisotopic (exact) mass is 414 g/mol. The number of methoxy groups -OCH3 is 1. The minimum absolute atomic E-state index is 0.189. The number of carbonyl (C=O) groups is 2. The van der Waals surface area contributed by atoms with Crippen LogP contribution in [0.15, 0.2) is 30.5 Å². The summed E-state index contributed by atoms with van der Waals surface area (Å²) in [5, 5.41) is 2.82. The summed E-state index contributed by atoms with van der Waals surface area (Å²) in [7, 11) is 1.51. The minimum Gasteiger partial charge on any atom is -0.496 e. The third kappa shape index (κ3) is 4.36. The molecule has 1 aliphatic heterocycles. The van der Waals surface area contributed by atoms with E-state index in [1.807, 2.05) is 20.8 Å². The van der Waals surface area contributed by atoms with Gasteiger partial charge in [-0.2, -0.15) is 0 Å². The Hall–Kier alpha value is -2.80. The molecule has 3 rings (SSSR count). The van der Waals surface area contributed by atoms with E-state index in [0.29, 0.717) is 29.8 Å². The average Bonchev–Trinajstić information content (AvgIpc) is 3.03. The summed E-state index contributed by atoms with van der Waals surface area (Å²) in [6.07, 6.45) is 1.73. The van der Waals surface area contributed by atoms with E-state index >= 15 is 0 Å². The Morgan fingerprint density at radius 1 is 1.33 bits per heavy atom. The second-order valence-electron chi connectivity index (χ2n) is 8.09. The lowest BCUT2D eigenvalue weighted by molar-refractivity contribution is -0.130. The third-order valence-corrected chi connectivity index (χ3v) is 5.36. The summed E-state index contributed by atoms with van der Waals surface area (Å²) >= 11 is 0. The number of aromatic nitrogens is 1. The van der Waals surface area contributed by atoms with Gasteiger partial charge in [0.2, 0.25) is 0 Å². The highest BCUT2D eigenvalue weighted by Gasteiger charge is 2.46. The second kappa shape index (κ2) is 8.52. The zero-order valence-corrected chi connectivity index (χ0v) is 17.9. The zero-order valence-electron chi connectivity index (χ0n) is 17.9. The van der Waals surface area contributed by atoms with Gasteiger partial charge >= 0.3 is 0 Å². The van der Waals surface area contributed by atoms with E-state index in [1.165, 1.54) is 32.4 Å². The Labute approximate surface area is 175 Å². The van der Waals surface area contributed by atoms with Crippen LogP contribution in [0.3, 0.4) is 0 Å². The molecule has 1 amide bonds. The number of rotatable bonds is 6. The van der Waals surface area contributed by atoms with Crippen LogP contribution in [-0.4, -0.2) is 35.5 Å². The lowest BCUT2D eigenvalue weighted by atomic mass is 9.85. The van der Waals surface area contributed by atoms with Crippen LogP contribution in [0.25, 0.3) is 0 Å². The first-order chi connectivity index (χ1) is 14.2. The van der Waals surface area contributed by atoms with Crippen LogP contribution in [-0.2, 0) is 16.0 Å². The highest BCUT2D eigenvalue weighted by Crippen LogP contribution is 2.45. The van der Waals surface area contributed by atoms with Crippen LogP contribution in [0.2, 0.25) is 0 Å². The predicted octanol–water partition coefficient (Wildman–Crippen LogP) is 4.28. The van der Waals surface area contributed by atoms with Gasteiger partial charge in [-0.1, -0.05) is 13.0 Å². The van der Waals surface area contributed by atoms with Crippen molar-refractivity contribution in [1.29, 1.82) is 0 Å². The lowest BCUT2D eigenvalue weighted by Gasteiger charge is -2.22. The smallest absolute Gasteiger partial charge is 0.254 e. The average molecular weight is 414 g/mol. The molecule has 6 nitrogen and oxygen atoms in total. The van der Waals surface area contributed by atoms with Crippen molar-refractivity contribution < 1.29 is 23.5 Å². The molecular formula is C23H27FN2O4. The maximum Gasteiger partial charge on any atom is 0.254 e. The summed E-state index contributed by atoms with van der Waals surface area (Å²) in [5.74, 6) is -0.703. The molecule has 0 spiro atoms. The van der Waals surface area contributed by atoms with E-state index < -0.39 is 11.7 Å². The predicted molar refractivity (Wildman–Crippen MR) is 112 cm³/mol. The Bertz CT molecular complexity index is 974. The standard InChI is InChI=1S/C23H27FN2O4/c1-6-15-18(24)8-7-16(20(15)29-5)17-12-23(3,4)30-21(17)22(28)26-14-9-10-25-19(11-14)13(2)27/h7-11,17,21H,6,12H2,1-5H3,(H,25,26,28)/t17-,21+/m1/s1. The molecule has 0 unspecified atom stereocenters. The summed E-state index contributed by atoms with van der Waals surface area (Å²) in [6.45, 7) is 7.12. The fraction of sp³-hybridized carbons (Fsp3) is 0.435. The van der Waals surface area contributed by atoms with Crippen LogP contribution in [0.4, 0.5) is 10.1 Å². The van der Waals surface area contributed by atoms with E-state index in [0.717, 1.165) is 5.56 Å². The molecule has 1 fully saturated rings. The summed E-state index contributed by atoms with van der Waals surface area (Å²) in [6, 6.07) is 6.23. The number of hydrogen-bond donors (Lipinski definition) is 1. The van der Waals surface area contributed by atoms with Crippen molar-refractivity contribution in [2.45, 2.75) is 58.2 Å². The number of anilines is 1. The molecule has 0 radical (unpaired) electrons. The molecule has 2 heterocycles. The Balaban J connectivity index is 1.95. The van der Waals surface area contributed by atoms with Crippen molar-refractivity contribution in [2.75, 3.05) is 12.4 Å². The highest BCUT2D eigenvalue weighted by atomic mass is 19.1. The molecule has 1 aliphatic rings. The minimum atomic E-state index is -0.794. The fourth-order valence-electron chi connectivity index (χ4n) is 4.02. The number of ether oxygens (including phenoxy) is 2. The molecular weight excluding hydrogens is 387 g/mol. The number of nitrogens with one attached hydrogen (secondary N) is 1. The molecule has 0 aliphatic carbocycles. The van der Waals surface area contributed by atoms with Gasteiger partial charge in [-0.3, -0.25) is 14.6 Å². The number of benzene rings is 1. The van der Waals surface area contributed by atoms with Gasteiger partial charge in [0.25, 0.3) is 5.91 Å². The van der Waals surface area contributed by atoms with Gasteiger partial charge in [0.05, 0.1) is 12.7 Å². The Morgan fingerprint density at radius 3 is 2.70 bits per heavy atom. The molecule has 160 valence electrons. The van der Waals surface area contributed by atoms with Gasteiger partial charge < -0.3 is 14.8 Å². The second-order valence-corrected chi connectivity index (χ2v) is 8.09. The van der Waals surface area contributed by atoms with Crippen LogP contribution >= 0.6 is 0 Å². The van der Waals surface area contributed by atoms with Gasteiger partial charge in [-0.05, 0) is 44.9 Å². The van der Waals surface area contributed by atoms with Crippen molar-refractivity contribution in [1.82, 2.24) is 4.98 Å². The van der Waals surface area contributed by atoms with Gasteiger partial charge in [0, 0.05) is 35.9 Å². The van der Waals surface area contributed by atoms with Crippen molar-refractivity contribution in [3.8, 4) is 5.75 Å². The van der Waals surface area contributed by atoms with E-state index in [1.54, 1.807) is 12.1 Å². The third-order valence-electron chi connectivity index (χ3n) is 5.36. The Morgan fingerprint density at radius 2 is 2.07 bits per heavy atom. The SMILES string of the molecule is CCc1c(F)ccc([C@H]2CC(C)(C)O[C@@H]2C(=O)Nc2ccnc(C(C)=O)c2)c1OC. The van der Waals surface area contributed by atoms with E-state index in [-0.39, 0.29) is 29.1 Å². The summed E-state index contributed by atoms with van der Waals surface area (Å²) in [4.78, 5) is 28.7. The van der Waals surface area contributed by atoms with Gasteiger partial charge in [0.1, 0.15) is 23.4 Å². The molecule has 1 aromatic carbocycles. The topological polar surface area (TPSA) is 77.5 Å². The summed E-state index contributed by atoms with van der Waals surface area (Å²) < 4.78 is 25.9. The maximum atomic E-state index is 14.3. The first-order valence-electron chi connectivity index (χ1n) is 9.97. The molecule has 7 heteroatoms. The number of amides is 1. The highest BCUT2D eigenvalue weighted by molar-refractivity contribution is 5.97. The first-order valence-corrected chi connectivity index (χ1v) is 9.97.